The molecule has 1 aromatic carbocycles. The lowest BCUT2D eigenvalue weighted by Gasteiger charge is -2.41. The molecule has 3 rings (SSSR count). The topological polar surface area (TPSA) is 66.9 Å². The lowest BCUT2D eigenvalue weighted by atomic mass is 9.71. The molecule has 0 radical (unpaired) electrons. The molecule has 2 saturated heterocycles. The Kier molecular flexibility index (Phi) is 5.88. The second-order valence-corrected chi connectivity index (χ2v) is 9.66. The van der Waals surface area contributed by atoms with E-state index in [4.69, 9.17) is 4.74 Å². The molecule has 0 bridgehead atoms. The van der Waals surface area contributed by atoms with Gasteiger partial charge in [-0.3, -0.25) is 4.79 Å². The van der Waals surface area contributed by atoms with Gasteiger partial charge >= 0.3 is 0 Å². The first-order valence-corrected chi connectivity index (χ1v) is 10.8. The first-order chi connectivity index (χ1) is 12.8. The van der Waals surface area contributed by atoms with Crippen LogP contribution in [-0.2, 0) is 25.3 Å². The van der Waals surface area contributed by atoms with Gasteiger partial charge in [-0.15, -0.1) is 0 Å². The van der Waals surface area contributed by atoms with Crippen molar-refractivity contribution >= 4 is 15.9 Å². The maximum atomic E-state index is 13.0. The maximum Gasteiger partial charge on any atom is 0.219 e. The van der Waals surface area contributed by atoms with Crippen LogP contribution < -0.4 is 0 Å². The van der Waals surface area contributed by atoms with Crippen LogP contribution in [0.15, 0.2) is 24.3 Å². The van der Waals surface area contributed by atoms with E-state index in [-0.39, 0.29) is 28.8 Å². The van der Waals surface area contributed by atoms with E-state index in [0.717, 1.165) is 0 Å². The van der Waals surface area contributed by atoms with Gasteiger partial charge in [0.15, 0.2) is 0 Å². The molecule has 1 amide bonds. The minimum absolute atomic E-state index is 0.0549. The summed E-state index contributed by atoms with van der Waals surface area (Å²) in [6, 6.07) is 5.57. The van der Waals surface area contributed by atoms with Crippen LogP contribution in [0, 0.1) is 17.2 Å². The van der Waals surface area contributed by atoms with Crippen molar-refractivity contribution < 1.29 is 22.3 Å². The minimum atomic E-state index is -3.46. The number of carbonyl (C=O) groups is 1. The number of piperidine rings is 1. The number of sulfonamides is 1. The molecule has 0 saturated carbocycles. The fraction of sp³-hybridized carbons (Fsp3) is 0.632. The Labute approximate surface area is 160 Å². The number of benzene rings is 1. The van der Waals surface area contributed by atoms with Gasteiger partial charge < -0.3 is 9.64 Å². The first-order valence-electron chi connectivity index (χ1n) is 9.22. The molecule has 150 valence electrons. The number of hydrogen-bond acceptors (Lipinski definition) is 4. The predicted octanol–water partition coefficient (Wildman–Crippen LogP) is 1.86. The molecule has 0 aromatic heterocycles. The van der Waals surface area contributed by atoms with Crippen LogP contribution >= 0.6 is 0 Å². The summed E-state index contributed by atoms with van der Waals surface area (Å²) >= 11 is 0. The number of carbonyl (C=O) groups excluding carboxylic acids is 1. The molecular weight excluding hydrogens is 371 g/mol. The van der Waals surface area contributed by atoms with Crippen molar-refractivity contribution in [3.8, 4) is 0 Å². The Hall–Kier alpha value is -1.51. The van der Waals surface area contributed by atoms with Crippen molar-refractivity contribution in [2.45, 2.75) is 25.5 Å². The molecule has 1 spiro atoms. The van der Waals surface area contributed by atoms with Crippen molar-refractivity contribution in [1.29, 1.82) is 0 Å². The average Bonchev–Trinajstić information content (AvgIpc) is 2.96. The van der Waals surface area contributed by atoms with Crippen LogP contribution in [0.3, 0.4) is 0 Å². The number of methoxy groups -OCH3 is 1. The molecule has 1 atom stereocenters. The van der Waals surface area contributed by atoms with Crippen molar-refractivity contribution in [1.82, 2.24) is 9.21 Å². The van der Waals surface area contributed by atoms with Gasteiger partial charge in [0.1, 0.15) is 5.82 Å². The third-order valence-corrected chi connectivity index (χ3v) is 7.85. The van der Waals surface area contributed by atoms with Crippen molar-refractivity contribution in [2.24, 2.45) is 11.3 Å². The minimum Gasteiger partial charge on any atom is -0.384 e. The summed E-state index contributed by atoms with van der Waals surface area (Å²) in [6.07, 6.45) is 1.43. The lowest BCUT2D eigenvalue weighted by Crippen LogP contribution is -2.47. The van der Waals surface area contributed by atoms with Gasteiger partial charge in [-0.2, -0.15) is 0 Å². The monoisotopic (exact) mass is 398 g/mol. The zero-order valence-corrected chi connectivity index (χ0v) is 16.7. The van der Waals surface area contributed by atoms with Gasteiger partial charge in [-0.05, 0) is 36.0 Å². The van der Waals surface area contributed by atoms with Gasteiger partial charge in [-0.25, -0.2) is 17.1 Å². The number of likely N-dealkylation sites (tertiary alicyclic amines) is 1. The van der Waals surface area contributed by atoms with Gasteiger partial charge in [0, 0.05) is 46.1 Å². The van der Waals surface area contributed by atoms with E-state index in [1.54, 1.807) is 14.0 Å². The Balaban J connectivity index is 1.68. The summed E-state index contributed by atoms with van der Waals surface area (Å²) in [5.41, 5.74) is 0.501. The van der Waals surface area contributed by atoms with Gasteiger partial charge in [0.25, 0.3) is 0 Å². The second-order valence-electron chi connectivity index (χ2n) is 7.70. The first kappa shape index (κ1) is 20.2. The van der Waals surface area contributed by atoms with Crippen molar-refractivity contribution in [2.75, 3.05) is 39.9 Å². The lowest BCUT2D eigenvalue weighted by molar-refractivity contribution is -0.128. The molecule has 2 aliphatic heterocycles. The number of hydrogen-bond donors (Lipinski definition) is 0. The largest absolute Gasteiger partial charge is 0.384 e. The van der Waals surface area contributed by atoms with E-state index in [2.05, 4.69) is 0 Å². The fourth-order valence-electron chi connectivity index (χ4n) is 4.36. The molecule has 1 aromatic rings. The summed E-state index contributed by atoms with van der Waals surface area (Å²) < 4.78 is 45.5. The highest BCUT2D eigenvalue weighted by Crippen LogP contribution is 2.45. The van der Waals surface area contributed by atoms with Crippen LogP contribution in [-0.4, -0.2) is 63.4 Å². The van der Waals surface area contributed by atoms with Crippen LogP contribution in [0.5, 0.6) is 0 Å². The number of nitrogens with zero attached hydrogens (tertiary/aromatic N) is 2. The highest BCUT2D eigenvalue weighted by Gasteiger charge is 2.49. The Morgan fingerprint density at radius 2 is 1.89 bits per heavy atom. The smallest absolute Gasteiger partial charge is 0.219 e. The summed E-state index contributed by atoms with van der Waals surface area (Å²) in [5.74, 6) is -0.217. The number of halogens is 1. The molecule has 8 heteroatoms. The number of amides is 1. The third kappa shape index (κ3) is 4.33. The standard InChI is InChI=1S/C19H27FN2O4S/c1-15(23)21-11-17(12-26-2)19(14-21)7-9-22(10-8-19)27(24,25)13-16-3-5-18(20)6-4-16/h3-6,17H,7-14H2,1-2H3. The second kappa shape index (κ2) is 7.85. The zero-order chi connectivity index (χ0) is 19.7. The molecule has 0 N–H and O–H groups in total. The molecule has 1 unspecified atom stereocenters. The summed E-state index contributed by atoms with van der Waals surface area (Å²) in [5, 5.41) is 0. The van der Waals surface area contributed by atoms with E-state index in [1.807, 2.05) is 4.90 Å². The molecule has 27 heavy (non-hydrogen) atoms. The van der Waals surface area contributed by atoms with Crippen LogP contribution in [0.1, 0.15) is 25.3 Å². The third-order valence-electron chi connectivity index (χ3n) is 6.00. The zero-order valence-electron chi connectivity index (χ0n) is 15.9. The fourth-order valence-corrected chi connectivity index (χ4v) is 5.90. The van der Waals surface area contributed by atoms with E-state index >= 15 is 0 Å². The predicted molar refractivity (Wildman–Crippen MR) is 99.9 cm³/mol. The Morgan fingerprint density at radius 3 is 2.44 bits per heavy atom. The average molecular weight is 399 g/mol. The summed E-state index contributed by atoms with van der Waals surface area (Å²) in [6.45, 7) is 4.37. The molecule has 0 aliphatic carbocycles. The molecule has 6 nitrogen and oxygen atoms in total. The molecule has 2 fully saturated rings. The highest BCUT2D eigenvalue weighted by molar-refractivity contribution is 7.88. The highest BCUT2D eigenvalue weighted by atomic mass is 32.2. The van der Waals surface area contributed by atoms with Crippen molar-refractivity contribution in [3.05, 3.63) is 35.6 Å². The number of ether oxygens (including phenoxy) is 1. The van der Waals surface area contributed by atoms with Crippen molar-refractivity contribution in [3.63, 3.8) is 0 Å². The number of rotatable bonds is 5. The van der Waals surface area contributed by atoms with Crippen LogP contribution in [0.4, 0.5) is 4.39 Å². The Morgan fingerprint density at radius 1 is 1.26 bits per heavy atom. The normalized spacial score (nSPS) is 23.1. The molecule has 2 heterocycles. The van der Waals surface area contributed by atoms with Crippen LogP contribution in [0.2, 0.25) is 0 Å². The molecular formula is C19H27FN2O4S. The quantitative estimate of drug-likeness (QED) is 0.759. The van der Waals surface area contributed by atoms with E-state index in [1.165, 1.54) is 28.6 Å². The van der Waals surface area contributed by atoms with E-state index < -0.39 is 10.0 Å². The van der Waals surface area contributed by atoms with Gasteiger partial charge in [0.2, 0.25) is 15.9 Å². The van der Waals surface area contributed by atoms with E-state index in [0.29, 0.717) is 51.2 Å². The maximum absolute atomic E-state index is 13.0. The van der Waals surface area contributed by atoms with Gasteiger partial charge in [-0.1, -0.05) is 12.1 Å². The summed E-state index contributed by atoms with van der Waals surface area (Å²) in [4.78, 5) is 13.7. The molecule has 2 aliphatic rings. The summed E-state index contributed by atoms with van der Waals surface area (Å²) in [7, 11) is -1.80. The SMILES string of the molecule is COCC1CN(C(C)=O)CC12CCN(S(=O)(=O)Cc1ccc(F)cc1)CC2. The van der Waals surface area contributed by atoms with E-state index in [9.17, 15) is 17.6 Å². The Bertz CT molecular complexity index is 773. The van der Waals surface area contributed by atoms with Crippen LogP contribution in [0.25, 0.3) is 0 Å². The van der Waals surface area contributed by atoms with Gasteiger partial charge in [0.05, 0.1) is 12.4 Å².